The predicted molar refractivity (Wildman–Crippen MR) is 74.5 cm³/mol. The molecule has 0 radical (unpaired) electrons. The first-order valence-electron chi connectivity index (χ1n) is 6.17. The summed E-state index contributed by atoms with van der Waals surface area (Å²) < 4.78 is 13.2. The summed E-state index contributed by atoms with van der Waals surface area (Å²) in [5.74, 6) is -0.392. The highest BCUT2D eigenvalue weighted by Crippen LogP contribution is 2.13. The summed E-state index contributed by atoms with van der Waals surface area (Å²) in [6, 6.07) is 14.5. The standard InChI is InChI=1S/C16H15FN2/c1-12-3-2-4-13(7-12)5-6-19-16-9-14(11-18)8-15(17)10-16/h2-4,7-10,19H,5-6H2,1H3. The lowest BCUT2D eigenvalue weighted by molar-refractivity contribution is 0.627. The van der Waals surface area contributed by atoms with Gasteiger partial charge >= 0.3 is 0 Å². The van der Waals surface area contributed by atoms with Crippen molar-refractivity contribution in [3.8, 4) is 6.07 Å². The van der Waals surface area contributed by atoms with Crippen LogP contribution in [0.15, 0.2) is 42.5 Å². The van der Waals surface area contributed by atoms with Gasteiger partial charge in [0.1, 0.15) is 5.82 Å². The molecule has 96 valence electrons. The first-order valence-corrected chi connectivity index (χ1v) is 6.17. The number of anilines is 1. The summed E-state index contributed by atoms with van der Waals surface area (Å²) in [5, 5.41) is 11.9. The Hall–Kier alpha value is -2.34. The number of hydrogen-bond donors (Lipinski definition) is 1. The third kappa shape index (κ3) is 3.82. The Morgan fingerprint density at radius 2 is 2.05 bits per heavy atom. The molecule has 0 heterocycles. The van der Waals surface area contributed by atoms with Crippen LogP contribution < -0.4 is 5.32 Å². The van der Waals surface area contributed by atoms with Gasteiger partial charge in [-0.3, -0.25) is 0 Å². The molecule has 0 bridgehead atoms. The van der Waals surface area contributed by atoms with E-state index in [-0.39, 0.29) is 0 Å². The molecule has 3 heteroatoms. The summed E-state index contributed by atoms with van der Waals surface area (Å²) in [4.78, 5) is 0. The van der Waals surface area contributed by atoms with Gasteiger partial charge in [0.25, 0.3) is 0 Å². The fourth-order valence-corrected chi connectivity index (χ4v) is 1.98. The topological polar surface area (TPSA) is 35.8 Å². The maximum absolute atomic E-state index is 13.2. The molecule has 2 aromatic rings. The number of nitriles is 1. The van der Waals surface area contributed by atoms with E-state index in [9.17, 15) is 4.39 Å². The van der Waals surface area contributed by atoms with Crippen molar-refractivity contribution in [2.75, 3.05) is 11.9 Å². The molecule has 19 heavy (non-hydrogen) atoms. The number of benzene rings is 2. The van der Waals surface area contributed by atoms with E-state index in [2.05, 4.69) is 30.4 Å². The Balaban J connectivity index is 1.96. The van der Waals surface area contributed by atoms with Crippen LogP contribution in [0.5, 0.6) is 0 Å². The number of aryl methyl sites for hydroxylation is 1. The van der Waals surface area contributed by atoms with Crippen LogP contribution in [0, 0.1) is 24.1 Å². The minimum Gasteiger partial charge on any atom is -0.385 e. The zero-order valence-corrected chi connectivity index (χ0v) is 10.8. The molecular weight excluding hydrogens is 239 g/mol. The first kappa shape index (κ1) is 13.1. The lowest BCUT2D eigenvalue weighted by atomic mass is 10.1. The monoisotopic (exact) mass is 254 g/mol. The molecule has 0 aliphatic rings. The summed E-state index contributed by atoms with van der Waals surface area (Å²) in [5.41, 5.74) is 3.45. The van der Waals surface area contributed by atoms with Gasteiger partial charge in [0, 0.05) is 12.2 Å². The molecule has 0 unspecified atom stereocenters. The fourth-order valence-electron chi connectivity index (χ4n) is 1.98. The van der Waals surface area contributed by atoms with Gasteiger partial charge in [-0.25, -0.2) is 4.39 Å². The Morgan fingerprint density at radius 1 is 1.21 bits per heavy atom. The molecule has 0 aliphatic carbocycles. The second-order valence-corrected chi connectivity index (χ2v) is 4.51. The van der Waals surface area contributed by atoms with Crippen molar-refractivity contribution in [3.05, 3.63) is 65.0 Å². The number of halogens is 1. The van der Waals surface area contributed by atoms with Crippen molar-refractivity contribution >= 4 is 5.69 Å². The van der Waals surface area contributed by atoms with Gasteiger partial charge in [-0.1, -0.05) is 29.8 Å². The Labute approximate surface area is 112 Å². The van der Waals surface area contributed by atoms with Crippen molar-refractivity contribution < 1.29 is 4.39 Å². The van der Waals surface area contributed by atoms with Crippen LogP contribution in [-0.4, -0.2) is 6.54 Å². The van der Waals surface area contributed by atoms with E-state index in [1.165, 1.54) is 23.3 Å². The van der Waals surface area contributed by atoms with Gasteiger partial charge < -0.3 is 5.32 Å². The van der Waals surface area contributed by atoms with Gasteiger partial charge in [0.15, 0.2) is 0 Å². The second-order valence-electron chi connectivity index (χ2n) is 4.51. The Bertz CT molecular complexity index is 614. The molecular formula is C16H15FN2. The summed E-state index contributed by atoms with van der Waals surface area (Å²) in [6.07, 6.45) is 0.861. The van der Waals surface area contributed by atoms with Gasteiger partial charge in [-0.2, -0.15) is 5.26 Å². The summed E-state index contributed by atoms with van der Waals surface area (Å²) in [6.45, 7) is 2.76. The van der Waals surface area contributed by atoms with Crippen molar-refractivity contribution in [1.29, 1.82) is 5.26 Å². The predicted octanol–water partition coefficient (Wildman–Crippen LogP) is 3.66. The maximum atomic E-state index is 13.2. The fraction of sp³-hybridized carbons (Fsp3) is 0.188. The lowest BCUT2D eigenvalue weighted by Crippen LogP contribution is -2.05. The number of nitrogens with one attached hydrogen (secondary N) is 1. The molecule has 0 spiro atoms. The molecule has 0 aromatic heterocycles. The molecule has 0 atom stereocenters. The summed E-state index contributed by atoms with van der Waals surface area (Å²) >= 11 is 0. The van der Waals surface area contributed by atoms with E-state index in [1.54, 1.807) is 6.07 Å². The molecule has 0 fully saturated rings. The number of rotatable bonds is 4. The zero-order chi connectivity index (χ0) is 13.7. The van der Waals surface area contributed by atoms with Crippen LogP contribution in [0.1, 0.15) is 16.7 Å². The minimum atomic E-state index is -0.392. The van der Waals surface area contributed by atoms with E-state index in [0.717, 1.165) is 6.42 Å². The van der Waals surface area contributed by atoms with E-state index < -0.39 is 5.82 Å². The summed E-state index contributed by atoms with van der Waals surface area (Å²) in [7, 11) is 0. The van der Waals surface area contributed by atoms with E-state index >= 15 is 0 Å². The smallest absolute Gasteiger partial charge is 0.126 e. The van der Waals surface area contributed by atoms with Gasteiger partial charge in [0.05, 0.1) is 11.6 Å². The second kappa shape index (κ2) is 6.01. The van der Waals surface area contributed by atoms with Crippen LogP contribution in [0.4, 0.5) is 10.1 Å². The SMILES string of the molecule is Cc1cccc(CCNc2cc(F)cc(C#N)c2)c1. The highest BCUT2D eigenvalue weighted by atomic mass is 19.1. The van der Waals surface area contributed by atoms with Crippen LogP contribution >= 0.6 is 0 Å². The van der Waals surface area contributed by atoms with Crippen molar-refractivity contribution in [1.82, 2.24) is 0 Å². The largest absolute Gasteiger partial charge is 0.385 e. The normalized spacial score (nSPS) is 9.95. The van der Waals surface area contributed by atoms with Crippen molar-refractivity contribution in [2.24, 2.45) is 0 Å². The Morgan fingerprint density at radius 3 is 2.79 bits per heavy atom. The molecule has 0 saturated heterocycles. The maximum Gasteiger partial charge on any atom is 0.126 e. The lowest BCUT2D eigenvalue weighted by Gasteiger charge is -2.07. The van der Waals surface area contributed by atoms with E-state index in [1.807, 2.05) is 12.1 Å². The molecule has 0 aliphatic heterocycles. The average Bonchev–Trinajstić information content (AvgIpc) is 2.38. The highest BCUT2D eigenvalue weighted by Gasteiger charge is 2.00. The molecule has 1 N–H and O–H groups in total. The molecule has 2 aromatic carbocycles. The van der Waals surface area contributed by atoms with Crippen molar-refractivity contribution in [3.63, 3.8) is 0 Å². The third-order valence-electron chi connectivity index (χ3n) is 2.85. The van der Waals surface area contributed by atoms with E-state index in [4.69, 9.17) is 5.26 Å². The van der Waals surface area contributed by atoms with Crippen LogP contribution in [-0.2, 0) is 6.42 Å². The third-order valence-corrected chi connectivity index (χ3v) is 2.85. The number of nitrogens with zero attached hydrogens (tertiary/aromatic N) is 1. The van der Waals surface area contributed by atoms with Crippen LogP contribution in [0.2, 0.25) is 0 Å². The van der Waals surface area contributed by atoms with Crippen LogP contribution in [0.25, 0.3) is 0 Å². The molecule has 2 rings (SSSR count). The van der Waals surface area contributed by atoms with E-state index in [0.29, 0.717) is 17.8 Å². The zero-order valence-electron chi connectivity index (χ0n) is 10.8. The molecule has 0 amide bonds. The van der Waals surface area contributed by atoms with Crippen molar-refractivity contribution in [2.45, 2.75) is 13.3 Å². The molecule has 0 saturated carbocycles. The average molecular weight is 254 g/mol. The first-order chi connectivity index (χ1) is 9.17. The van der Waals surface area contributed by atoms with Gasteiger partial charge in [-0.15, -0.1) is 0 Å². The quantitative estimate of drug-likeness (QED) is 0.903. The Kier molecular flexibility index (Phi) is 4.15. The highest BCUT2D eigenvalue weighted by molar-refractivity contribution is 5.49. The van der Waals surface area contributed by atoms with Crippen LogP contribution in [0.3, 0.4) is 0 Å². The van der Waals surface area contributed by atoms with Gasteiger partial charge in [-0.05, 0) is 37.1 Å². The number of hydrogen-bond acceptors (Lipinski definition) is 2. The van der Waals surface area contributed by atoms with Gasteiger partial charge in [0.2, 0.25) is 0 Å². The minimum absolute atomic E-state index is 0.332. The molecule has 2 nitrogen and oxygen atoms in total.